The van der Waals surface area contributed by atoms with Crippen LogP contribution < -0.4 is 16.0 Å². The molecule has 1 aromatic rings. The number of imide groups is 1. The molecule has 1 fully saturated rings. The molecule has 0 aromatic heterocycles. The molecule has 106 valence electrons. The zero-order valence-corrected chi connectivity index (χ0v) is 11.5. The van der Waals surface area contributed by atoms with E-state index >= 15 is 0 Å². The molecule has 6 nitrogen and oxygen atoms in total. The summed E-state index contributed by atoms with van der Waals surface area (Å²) in [6.07, 6.45) is 0.568. The number of hydrogen-bond donors (Lipinski definition) is 2. The first-order valence-electron chi connectivity index (χ1n) is 6.44. The molecule has 1 unspecified atom stereocenters. The molecule has 2 amide bonds. The molecule has 1 heterocycles. The molecule has 1 aromatic carbocycles. The smallest absolute Gasteiger partial charge is 0.249 e. The van der Waals surface area contributed by atoms with Crippen LogP contribution in [-0.4, -0.2) is 30.2 Å². The van der Waals surface area contributed by atoms with Gasteiger partial charge in [-0.25, -0.2) is 0 Å². The largest absolute Gasteiger partial charge is 0.398 e. The fourth-order valence-corrected chi connectivity index (χ4v) is 2.37. The van der Waals surface area contributed by atoms with Gasteiger partial charge in [0.1, 0.15) is 6.04 Å². The number of ketones is 1. The molecule has 1 aliphatic rings. The Balaban J connectivity index is 2.42. The molecule has 0 saturated carbocycles. The average molecular weight is 275 g/mol. The molecular weight excluding hydrogens is 258 g/mol. The Morgan fingerprint density at radius 2 is 2.15 bits per heavy atom. The standard InChI is InChI=1S/C14H17N3O3/c1-3-12-14(20)16-13(19)7-17(12)9-4-5-11(15)10(6-9)8(2)18/h4-6,12H,3,7,15H2,1-2H3,(H,16,19,20). The number of rotatable bonds is 3. The van der Waals surface area contributed by atoms with Gasteiger partial charge in [0.05, 0.1) is 6.54 Å². The van der Waals surface area contributed by atoms with Gasteiger partial charge in [0.25, 0.3) is 0 Å². The van der Waals surface area contributed by atoms with E-state index in [1.54, 1.807) is 23.1 Å². The van der Waals surface area contributed by atoms with E-state index in [0.29, 0.717) is 23.4 Å². The summed E-state index contributed by atoms with van der Waals surface area (Å²) < 4.78 is 0. The number of hydrogen-bond acceptors (Lipinski definition) is 5. The van der Waals surface area contributed by atoms with E-state index in [2.05, 4.69) is 5.32 Å². The van der Waals surface area contributed by atoms with E-state index in [1.165, 1.54) is 6.92 Å². The van der Waals surface area contributed by atoms with Crippen LogP contribution in [0.5, 0.6) is 0 Å². The van der Waals surface area contributed by atoms with Gasteiger partial charge in [0, 0.05) is 16.9 Å². The fraction of sp³-hybridized carbons (Fsp3) is 0.357. The molecule has 1 aliphatic heterocycles. The molecule has 0 radical (unpaired) electrons. The summed E-state index contributed by atoms with van der Waals surface area (Å²) in [5, 5.41) is 2.32. The minimum Gasteiger partial charge on any atom is -0.398 e. The normalized spacial score (nSPS) is 18.9. The van der Waals surface area contributed by atoms with Gasteiger partial charge in [-0.15, -0.1) is 0 Å². The second-order valence-corrected chi connectivity index (χ2v) is 4.79. The van der Waals surface area contributed by atoms with Gasteiger partial charge in [-0.2, -0.15) is 0 Å². The quantitative estimate of drug-likeness (QED) is 0.481. The van der Waals surface area contributed by atoms with Crippen LogP contribution in [0.25, 0.3) is 0 Å². The SMILES string of the molecule is CCC1C(=O)NC(=O)CN1c1ccc(N)c(C(C)=O)c1. The number of nitrogens with two attached hydrogens (primary N) is 1. The summed E-state index contributed by atoms with van der Waals surface area (Å²) in [6, 6.07) is 4.55. The van der Waals surface area contributed by atoms with Gasteiger partial charge in [-0.05, 0) is 31.5 Å². The third kappa shape index (κ3) is 2.49. The monoisotopic (exact) mass is 275 g/mol. The maximum atomic E-state index is 11.8. The topological polar surface area (TPSA) is 92.5 Å². The lowest BCUT2D eigenvalue weighted by Gasteiger charge is -2.35. The highest BCUT2D eigenvalue weighted by molar-refractivity contribution is 6.05. The van der Waals surface area contributed by atoms with Crippen molar-refractivity contribution in [1.82, 2.24) is 5.32 Å². The number of carbonyl (C=O) groups excluding carboxylic acids is 3. The highest BCUT2D eigenvalue weighted by atomic mass is 16.2. The van der Waals surface area contributed by atoms with Crippen LogP contribution >= 0.6 is 0 Å². The summed E-state index contributed by atoms with van der Waals surface area (Å²) in [6.45, 7) is 3.39. The number of nitrogen functional groups attached to an aromatic ring is 1. The first kappa shape index (κ1) is 14.0. The molecule has 0 bridgehead atoms. The highest BCUT2D eigenvalue weighted by Gasteiger charge is 2.32. The maximum Gasteiger partial charge on any atom is 0.249 e. The van der Waals surface area contributed by atoms with Gasteiger partial charge in [-0.3, -0.25) is 19.7 Å². The molecule has 0 aliphatic carbocycles. The summed E-state index contributed by atoms with van der Waals surface area (Å²) in [4.78, 5) is 36.6. The number of nitrogens with zero attached hydrogens (tertiary/aromatic N) is 1. The number of benzene rings is 1. The number of piperazine rings is 1. The highest BCUT2D eigenvalue weighted by Crippen LogP contribution is 2.25. The van der Waals surface area contributed by atoms with Crippen LogP contribution in [0.2, 0.25) is 0 Å². The average Bonchev–Trinajstić information content (AvgIpc) is 2.38. The summed E-state index contributed by atoms with van der Waals surface area (Å²) >= 11 is 0. The number of nitrogens with one attached hydrogen (secondary N) is 1. The predicted molar refractivity (Wildman–Crippen MR) is 75.4 cm³/mol. The van der Waals surface area contributed by atoms with Crippen molar-refractivity contribution in [3.05, 3.63) is 23.8 Å². The van der Waals surface area contributed by atoms with Crippen LogP contribution in [0.4, 0.5) is 11.4 Å². The van der Waals surface area contributed by atoms with Gasteiger partial charge in [0.15, 0.2) is 5.78 Å². The Hall–Kier alpha value is -2.37. The van der Waals surface area contributed by atoms with Crippen molar-refractivity contribution in [3.8, 4) is 0 Å². The van der Waals surface area contributed by atoms with E-state index in [-0.39, 0.29) is 24.1 Å². The van der Waals surface area contributed by atoms with E-state index in [0.717, 1.165) is 0 Å². The van der Waals surface area contributed by atoms with E-state index < -0.39 is 6.04 Å². The molecular formula is C14H17N3O3. The Morgan fingerprint density at radius 1 is 1.45 bits per heavy atom. The van der Waals surface area contributed by atoms with Crippen LogP contribution in [0.1, 0.15) is 30.6 Å². The van der Waals surface area contributed by atoms with Crippen molar-refractivity contribution in [3.63, 3.8) is 0 Å². The van der Waals surface area contributed by atoms with Crippen molar-refractivity contribution in [2.24, 2.45) is 0 Å². The van der Waals surface area contributed by atoms with Crippen LogP contribution in [0.15, 0.2) is 18.2 Å². The lowest BCUT2D eigenvalue weighted by atomic mass is 10.0. The Labute approximate surface area is 116 Å². The van der Waals surface area contributed by atoms with Crippen LogP contribution in [0, 0.1) is 0 Å². The third-order valence-corrected chi connectivity index (χ3v) is 3.39. The fourth-order valence-electron chi connectivity index (χ4n) is 2.37. The number of amides is 2. The van der Waals surface area contributed by atoms with Gasteiger partial charge < -0.3 is 10.6 Å². The third-order valence-electron chi connectivity index (χ3n) is 3.39. The zero-order chi connectivity index (χ0) is 14.9. The Morgan fingerprint density at radius 3 is 2.75 bits per heavy atom. The van der Waals surface area contributed by atoms with Gasteiger partial charge in [0.2, 0.25) is 11.8 Å². The van der Waals surface area contributed by atoms with Crippen molar-refractivity contribution >= 4 is 29.0 Å². The van der Waals surface area contributed by atoms with Crippen molar-refractivity contribution in [2.45, 2.75) is 26.3 Å². The van der Waals surface area contributed by atoms with Crippen LogP contribution in [0.3, 0.4) is 0 Å². The Bertz CT molecular complexity index is 583. The second-order valence-electron chi connectivity index (χ2n) is 4.79. The lowest BCUT2D eigenvalue weighted by molar-refractivity contribution is -0.132. The molecule has 1 atom stereocenters. The first-order valence-corrected chi connectivity index (χ1v) is 6.44. The number of anilines is 2. The minimum absolute atomic E-state index is 0.0888. The second kappa shape index (κ2) is 5.32. The summed E-state index contributed by atoms with van der Waals surface area (Å²) in [7, 11) is 0. The number of Topliss-reactive ketones (excluding diaryl/α,β-unsaturated/α-hetero) is 1. The molecule has 6 heteroatoms. The zero-order valence-electron chi connectivity index (χ0n) is 11.5. The van der Waals surface area contributed by atoms with Gasteiger partial charge >= 0.3 is 0 Å². The summed E-state index contributed by atoms with van der Waals surface area (Å²) in [5.74, 6) is -0.809. The van der Waals surface area contributed by atoms with Crippen molar-refractivity contribution in [2.75, 3.05) is 17.2 Å². The van der Waals surface area contributed by atoms with Crippen molar-refractivity contribution in [1.29, 1.82) is 0 Å². The number of carbonyl (C=O) groups is 3. The molecule has 3 N–H and O–H groups in total. The molecule has 1 saturated heterocycles. The lowest BCUT2D eigenvalue weighted by Crippen LogP contribution is -2.58. The van der Waals surface area contributed by atoms with E-state index in [4.69, 9.17) is 5.73 Å². The molecule has 20 heavy (non-hydrogen) atoms. The summed E-state index contributed by atoms with van der Waals surface area (Å²) in [5.41, 5.74) is 7.20. The predicted octanol–water partition coefficient (Wildman–Crippen LogP) is 0.713. The Kier molecular flexibility index (Phi) is 3.74. The van der Waals surface area contributed by atoms with Crippen molar-refractivity contribution < 1.29 is 14.4 Å². The molecule has 2 rings (SSSR count). The van der Waals surface area contributed by atoms with E-state index in [9.17, 15) is 14.4 Å². The maximum absolute atomic E-state index is 11.8. The van der Waals surface area contributed by atoms with Gasteiger partial charge in [-0.1, -0.05) is 6.92 Å². The first-order chi connectivity index (χ1) is 9.43. The van der Waals surface area contributed by atoms with Crippen LogP contribution in [-0.2, 0) is 9.59 Å². The minimum atomic E-state index is -0.420. The molecule has 0 spiro atoms. The van der Waals surface area contributed by atoms with E-state index in [1.807, 2.05) is 6.92 Å².